The van der Waals surface area contributed by atoms with Gasteiger partial charge >= 0.3 is 5.97 Å². The van der Waals surface area contributed by atoms with Crippen molar-refractivity contribution in [1.82, 2.24) is 0 Å². The quantitative estimate of drug-likeness (QED) is 0.561. The van der Waals surface area contributed by atoms with Crippen LogP contribution < -0.4 is 0 Å². The number of ether oxygens (including phenoxy) is 1. The van der Waals surface area contributed by atoms with Crippen molar-refractivity contribution in [2.75, 3.05) is 12.4 Å². The molecule has 0 unspecified atom stereocenters. The summed E-state index contributed by atoms with van der Waals surface area (Å²) in [5, 5.41) is 1.98. The van der Waals surface area contributed by atoms with Gasteiger partial charge in [0.15, 0.2) is 0 Å². The molecule has 0 radical (unpaired) electrons. The second-order valence-electron chi connectivity index (χ2n) is 3.28. The van der Waals surface area contributed by atoms with Gasteiger partial charge in [-0.15, -0.1) is 11.8 Å². The SMILES string of the molecule is CC(=O)OCC=CSCCc1ccccc1. The van der Waals surface area contributed by atoms with Gasteiger partial charge in [-0.05, 0) is 23.5 Å². The normalized spacial score (nSPS) is 10.6. The summed E-state index contributed by atoms with van der Waals surface area (Å²) >= 11 is 1.73. The van der Waals surface area contributed by atoms with Gasteiger partial charge < -0.3 is 4.74 Å². The number of hydrogen-bond acceptors (Lipinski definition) is 3. The second kappa shape index (κ2) is 7.99. The minimum Gasteiger partial charge on any atom is -0.462 e. The number of rotatable bonds is 6. The molecular formula is C13H16O2S. The average Bonchev–Trinajstić information content (AvgIpc) is 2.29. The summed E-state index contributed by atoms with van der Waals surface area (Å²) in [6.07, 6.45) is 2.92. The molecule has 16 heavy (non-hydrogen) atoms. The standard InChI is InChI=1S/C13H16O2S/c1-12(14)15-9-5-10-16-11-8-13-6-3-2-4-7-13/h2-7,10H,8-9,11H2,1H3. The summed E-state index contributed by atoms with van der Waals surface area (Å²) in [6, 6.07) is 10.4. The van der Waals surface area contributed by atoms with Gasteiger partial charge in [0, 0.05) is 12.7 Å². The minimum absolute atomic E-state index is 0.237. The lowest BCUT2D eigenvalue weighted by Gasteiger charge is -1.98. The van der Waals surface area contributed by atoms with E-state index in [4.69, 9.17) is 4.74 Å². The highest BCUT2D eigenvalue weighted by Crippen LogP contribution is 2.07. The van der Waals surface area contributed by atoms with Crippen LogP contribution in [0.3, 0.4) is 0 Å². The summed E-state index contributed by atoms with van der Waals surface area (Å²) in [7, 11) is 0. The van der Waals surface area contributed by atoms with Crippen LogP contribution in [0.2, 0.25) is 0 Å². The van der Waals surface area contributed by atoms with E-state index >= 15 is 0 Å². The Kier molecular flexibility index (Phi) is 6.42. The number of aryl methyl sites for hydroxylation is 1. The largest absolute Gasteiger partial charge is 0.462 e. The van der Waals surface area contributed by atoms with Crippen LogP contribution in [0.4, 0.5) is 0 Å². The minimum atomic E-state index is -0.237. The average molecular weight is 236 g/mol. The van der Waals surface area contributed by atoms with Crippen LogP contribution in [0.5, 0.6) is 0 Å². The molecule has 0 aromatic heterocycles. The molecule has 1 aromatic carbocycles. The molecule has 0 heterocycles. The van der Waals surface area contributed by atoms with Gasteiger partial charge in [-0.1, -0.05) is 30.3 Å². The Balaban J connectivity index is 2.06. The summed E-state index contributed by atoms with van der Waals surface area (Å²) < 4.78 is 4.77. The Bertz CT molecular complexity index is 333. The van der Waals surface area contributed by atoms with Gasteiger partial charge in [-0.25, -0.2) is 0 Å². The number of carbonyl (C=O) groups is 1. The lowest BCUT2D eigenvalue weighted by atomic mass is 10.2. The van der Waals surface area contributed by atoms with Gasteiger partial charge in [-0.3, -0.25) is 4.79 Å². The van der Waals surface area contributed by atoms with Crippen LogP contribution in [-0.4, -0.2) is 18.3 Å². The van der Waals surface area contributed by atoms with Crippen molar-refractivity contribution in [3.05, 3.63) is 47.4 Å². The molecule has 1 aromatic rings. The molecule has 0 fully saturated rings. The third-order valence-electron chi connectivity index (χ3n) is 1.93. The summed E-state index contributed by atoms with van der Waals surface area (Å²) in [4.78, 5) is 10.5. The van der Waals surface area contributed by atoms with Crippen LogP contribution in [0, 0.1) is 0 Å². The third-order valence-corrected chi connectivity index (χ3v) is 2.75. The molecule has 0 saturated carbocycles. The lowest BCUT2D eigenvalue weighted by molar-refractivity contribution is -0.139. The van der Waals surface area contributed by atoms with E-state index < -0.39 is 0 Å². The van der Waals surface area contributed by atoms with E-state index in [1.165, 1.54) is 12.5 Å². The Morgan fingerprint density at radius 2 is 2.12 bits per heavy atom. The van der Waals surface area contributed by atoms with Gasteiger partial charge in [0.2, 0.25) is 0 Å². The van der Waals surface area contributed by atoms with E-state index in [1.54, 1.807) is 11.8 Å². The molecule has 86 valence electrons. The number of hydrogen-bond donors (Lipinski definition) is 0. The molecule has 0 amide bonds. The maximum atomic E-state index is 10.5. The van der Waals surface area contributed by atoms with Crippen molar-refractivity contribution in [1.29, 1.82) is 0 Å². The molecule has 3 heteroatoms. The molecule has 2 nitrogen and oxygen atoms in total. The smallest absolute Gasteiger partial charge is 0.302 e. The Morgan fingerprint density at radius 1 is 1.38 bits per heavy atom. The van der Waals surface area contributed by atoms with Gasteiger partial charge in [0.05, 0.1) is 0 Å². The van der Waals surface area contributed by atoms with Crippen LogP contribution in [0.1, 0.15) is 12.5 Å². The fraction of sp³-hybridized carbons (Fsp3) is 0.308. The molecule has 0 atom stereocenters. The molecule has 0 aliphatic rings. The zero-order valence-electron chi connectivity index (χ0n) is 9.39. The molecule has 0 spiro atoms. The van der Waals surface area contributed by atoms with Crippen molar-refractivity contribution < 1.29 is 9.53 Å². The maximum Gasteiger partial charge on any atom is 0.302 e. The number of carbonyl (C=O) groups excluding carboxylic acids is 1. The Morgan fingerprint density at radius 3 is 2.81 bits per heavy atom. The van der Waals surface area contributed by atoms with Gasteiger partial charge in [0.25, 0.3) is 0 Å². The highest BCUT2D eigenvalue weighted by molar-refractivity contribution is 8.02. The molecule has 0 aliphatic carbocycles. The van der Waals surface area contributed by atoms with Gasteiger partial charge in [0.1, 0.15) is 6.61 Å². The van der Waals surface area contributed by atoms with Crippen molar-refractivity contribution in [3.8, 4) is 0 Å². The monoisotopic (exact) mass is 236 g/mol. The molecule has 0 aliphatic heterocycles. The van der Waals surface area contributed by atoms with E-state index in [-0.39, 0.29) is 5.97 Å². The number of benzene rings is 1. The number of thioether (sulfide) groups is 1. The zero-order chi connectivity index (χ0) is 11.6. The van der Waals surface area contributed by atoms with Crippen molar-refractivity contribution in [3.63, 3.8) is 0 Å². The van der Waals surface area contributed by atoms with Crippen LogP contribution in [0.25, 0.3) is 0 Å². The molecule has 1 rings (SSSR count). The van der Waals surface area contributed by atoms with Gasteiger partial charge in [-0.2, -0.15) is 0 Å². The first-order valence-electron chi connectivity index (χ1n) is 5.23. The molecule has 0 N–H and O–H groups in total. The van der Waals surface area contributed by atoms with E-state index in [9.17, 15) is 4.79 Å². The fourth-order valence-corrected chi connectivity index (χ4v) is 1.87. The van der Waals surface area contributed by atoms with Crippen LogP contribution >= 0.6 is 11.8 Å². The van der Waals surface area contributed by atoms with E-state index in [0.29, 0.717) is 6.61 Å². The first-order chi connectivity index (χ1) is 7.79. The van der Waals surface area contributed by atoms with Crippen molar-refractivity contribution >= 4 is 17.7 Å². The molecular weight excluding hydrogens is 220 g/mol. The first-order valence-corrected chi connectivity index (χ1v) is 6.28. The third kappa shape index (κ3) is 6.30. The summed E-state index contributed by atoms with van der Waals surface area (Å²) in [5.41, 5.74) is 1.35. The van der Waals surface area contributed by atoms with Crippen LogP contribution in [0.15, 0.2) is 41.8 Å². The van der Waals surface area contributed by atoms with E-state index in [2.05, 4.69) is 24.3 Å². The van der Waals surface area contributed by atoms with Crippen molar-refractivity contribution in [2.45, 2.75) is 13.3 Å². The highest BCUT2D eigenvalue weighted by Gasteiger charge is 1.90. The van der Waals surface area contributed by atoms with Crippen LogP contribution in [-0.2, 0) is 16.0 Å². The molecule has 0 saturated heterocycles. The molecule has 0 bridgehead atoms. The first kappa shape index (κ1) is 12.8. The predicted molar refractivity (Wildman–Crippen MR) is 68.4 cm³/mol. The number of esters is 1. The topological polar surface area (TPSA) is 26.3 Å². The summed E-state index contributed by atoms with van der Waals surface area (Å²) in [6.45, 7) is 1.78. The van der Waals surface area contributed by atoms with Crippen molar-refractivity contribution in [2.24, 2.45) is 0 Å². The fourth-order valence-electron chi connectivity index (χ4n) is 1.16. The zero-order valence-corrected chi connectivity index (χ0v) is 10.2. The Hall–Kier alpha value is -1.22. The Labute approximate surface area is 101 Å². The maximum absolute atomic E-state index is 10.5. The predicted octanol–water partition coefficient (Wildman–Crippen LogP) is 3.04. The lowest BCUT2D eigenvalue weighted by Crippen LogP contribution is -1.97. The van der Waals surface area contributed by atoms with E-state index in [1.807, 2.05) is 17.6 Å². The highest BCUT2D eigenvalue weighted by atomic mass is 32.2. The van der Waals surface area contributed by atoms with E-state index in [0.717, 1.165) is 12.2 Å². The summed E-state index contributed by atoms with van der Waals surface area (Å²) in [5.74, 6) is 0.805. The second-order valence-corrected chi connectivity index (χ2v) is 4.29.